The molecule has 1 aromatic carbocycles. The molecule has 0 saturated heterocycles. The van der Waals surface area contributed by atoms with Crippen LogP contribution in [0.4, 0.5) is 0 Å². The van der Waals surface area contributed by atoms with Crippen LogP contribution < -0.4 is 0 Å². The van der Waals surface area contributed by atoms with Gasteiger partial charge < -0.3 is 5.11 Å². The van der Waals surface area contributed by atoms with Crippen LogP contribution in [-0.2, 0) is 9.84 Å². The molecular formula is C10H13BrO3S. The molecule has 5 heteroatoms. The summed E-state index contributed by atoms with van der Waals surface area (Å²) in [5, 5.41) is 9.03. The van der Waals surface area contributed by atoms with Gasteiger partial charge >= 0.3 is 0 Å². The molecule has 2 atom stereocenters. The number of benzene rings is 1. The fourth-order valence-electron chi connectivity index (χ4n) is 1.17. The molecule has 0 aromatic heterocycles. The van der Waals surface area contributed by atoms with Gasteiger partial charge in [0.15, 0.2) is 9.84 Å². The minimum atomic E-state index is -3.22. The van der Waals surface area contributed by atoms with Gasteiger partial charge in [-0.2, -0.15) is 0 Å². The number of sulfone groups is 1. The summed E-state index contributed by atoms with van der Waals surface area (Å²) < 4.78 is 23.4. The number of halogens is 1. The van der Waals surface area contributed by atoms with Gasteiger partial charge in [0.2, 0.25) is 0 Å². The minimum Gasteiger partial charge on any atom is -0.387 e. The lowest BCUT2D eigenvalue weighted by atomic mass is 10.1. The molecule has 0 amide bonds. The van der Waals surface area contributed by atoms with Crippen molar-refractivity contribution in [1.82, 2.24) is 0 Å². The topological polar surface area (TPSA) is 54.4 Å². The molecule has 15 heavy (non-hydrogen) atoms. The van der Waals surface area contributed by atoms with Crippen molar-refractivity contribution in [3.63, 3.8) is 0 Å². The molecule has 2 unspecified atom stereocenters. The first-order valence-corrected chi connectivity index (χ1v) is 7.19. The van der Waals surface area contributed by atoms with E-state index in [4.69, 9.17) is 0 Å². The van der Waals surface area contributed by atoms with E-state index in [2.05, 4.69) is 15.9 Å². The van der Waals surface area contributed by atoms with E-state index in [0.717, 1.165) is 10.7 Å². The average Bonchev–Trinajstić information content (AvgIpc) is 2.15. The third-order valence-corrected chi connectivity index (χ3v) is 4.47. The number of hydrogen-bond donors (Lipinski definition) is 1. The standard InChI is InChI=1S/C10H13BrO3S/c1-7(15(2,13)14)10(12)8-3-5-9(11)6-4-8/h3-7,10,12H,1-2H3. The van der Waals surface area contributed by atoms with Crippen LogP contribution in [0.1, 0.15) is 18.6 Å². The first kappa shape index (κ1) is 12.7. The minimum absolute atomic E-state index is 0.608. The molecule has 0 aliphatic heterocycles. The maximum Gasteiger partial charge on any atom is 0.152 e. The van der Waals surface area contributed by atoms with E-state index >= 15 is 0 Å². The van der Waals surface area contributed by atoms with Gasteiger partial charge in [-0.3, -0.25) is 0 Å². The first-order valence-electron chi connectivity index (χ1n) is 4.45. The highest BCUT2D eigenvalue weighted by Gasteiger charge is 2.25. The summed E-state index contributed by atoms with van der Waals surface area (Å²) in [5.74, 6) is 0. The Morgan fingerprint density at radius 3 is 2.13 bits per heavy atom. The Morgan fingerprint density at radius 1 is 1.27 bits per heavy atom. The molecular weight excluding hydrogens is 280 g/mol. The SMILES string of the molecule is CC(C(O)c1ccc(Br)cc1)S(C)(=O)=O. The van der Waals surface area contributed by atoms with Crippen molar-refractivity contribution < 1.29 is 13.5 Å². The van der Waals surface area contributed by atoms with Crippen molar-refractivity contribution in [3.05, 3.63) is 34.3 Å². The quantitative estimate of drug-likeness (QED) is 0.926. The highest BCUT2D eigenvalue weighted by atomic mass is 79.9. The fourth-order valence-corrected chi connectivity index (χ4v) is 2.05. The lowest BCUT2D eigenvalue weighted by Gasteiger charge is -2.17. The molecule has 1 aromatic rings. The van der Waals surface area contributed by atoms with E-state index in [1.54, 1.807) is 24.3 Å². The maximum absolute atomic E-state index is 11.2. The van der Waals surface area contributed by atoms with Crippen molar-refractivity contribution >= 4 is 25.8 Å². The fraction of sp³-hybridized carbons (Fsp3) is 0.400. The third kappa shape index (κ3) is 3.29. The summed E-state index contributed by atoms with van der Waals surface area (Å²) in [7, 11) is -3.22. The van der Waals surface area contributed by atoms with Gasteiger partial charge in [-0.1, -0.05) is 28.1 Å². The Balaban J connectivity index is 2.95. The summed E-state index contributed by atoms with van der Waals surface area (Å²) in [4.78, 5) is 0. The summed E-state index contributed by atoms with van der Waals surface area (Å²) in [6.07, 6.45) is 0.146. The molecule has 0 fully saturated rings. The van der Waals surface area contributed by atoms with Gasteiger partial charge in [0, 0.05) is 10.7 Å². The number of aliphatic hydroxyl groups excluding tert-OH is 1. The largest absolute Gasteiger partial charge is 0.387 e. The van der Waals surface area contributed by atoms with Crippen LogP contribution in [0.3, 0.4) is 0 Å². The summed E-state index contributed by atoms with van der Waals surface area (Å²) in [6, 6.07) is 6.95. The molecule has 0 radical (unpaired) electrons. The van der Waals surface area contributed by atoms with Crippen molar-refractivity contribution in [1.29, 1.82) is 0 Å². The van der Waals surface area contributed by atoms with E-state index in [1.807, 2.05) is 0 Å². The smallest absolute Gasteiger partial charge is 0.152 e. The average molecular weight is 293 g/mol. The van der Waals surface area contributed by atoms with Crippen LogP contribution in [0.2, 0.25) is 0 Å². The van der Waals surface area contributed by atoms with Gasteiger partial charge in [-0.15, -0.1) is 0 Å². The molecule has 0 bridgehead atoms. The van der Waals surface area contributed by atoms with Gasteiger partial charge in [0.1, 0.15) is 0 Å². The van der Waals surface area contributed by atoms with Crippen molar-refractivity contribution in [3.8, 4) is 0 Å². The second kappa shape index (κ2) is 4.63. The van der Waals surface area contributed by atoms with Crippen molar-refractivity contribution in [2.75, 3.05) is 6.26 Å². The molecule has 0 aliphatic rings. The third-order valence-electron chi connectivity index (χ3n) is 2.33. The molecule has 3 nitrogen and oxygen atoms in total. The number of hydrogen-bond acceptors (Lipinski definition) is 3. The van der Waals surface area contributed by atoms with Gasteiger partial charge in [-0.25, -0.2) is 8.42 Å². The van der Waals surface area contributed by atoms with E-state index in [9.17, 15) is 13.5 Å². The summed E-state index contributed by atoms with van der Waals surface area (Å²) in [6.45, 7) is 1.50. The maximum atomic E-state index is 11.2. The zero-order valence-electron chi connectivity index (χ0n) is 8.51. The Kier molecular flexibility index (Phi) is 3.92. The van der Waals surface area contributed by atoms with Gasteiger partial charge in [0.25, 0.3) is 0 Å². The van der Waals surface area contributed by atoms with Crippen molar-refractivity contribution in [2.45, 2.75) is 18.3 Å². The van der Waals surface area contributed by atoms with Gasteiger partial charge in [-0.05, 0) is 24.6 Å². The van der Waals surface area contributed by atoms with E-state index in [-0.39, 0.29) is 0 Å². The van der Waals surface area contributed by atoms with Crippen LogP contribution in [0.5, 0.6) is 0 Å². The first-order chi connectivity index (χ1) is 6.82. The molecule has 0 heterocycles. The zero-order valence-corrected chi connectivity index (χ0v) is 10.9. The molecule has 0 spiro atoms. The van der Waals surface area contributed by atoms with E-state index < -0.39 is 21.2 Å². The van der Waals surface area contributed by atoms with Crippen LogP contribution in [0.15, 0.2) is 28.7 Å². The Bertz CT molecular complexity index is 424. The Hall–Kier alpha value is -0.390. The highest BCUT2D eigenvalue weighted by molar-refractivity contribution is 9.10. The molecule has 0 aliphatic carbocycles. The predicted molar refractivity (Wildman–Crippen MR) is 63.4 cm³/mol. The Labute approximate surface area is 98.2 Å². The van der Waals surface area contributed by atoms with Crippen LogP contribution in [0.25, 0.3) is 0 Å². The summed E-state index contributed by atoms with van der Waals surface area (Å²) >= 11 is 3.27. The van der Waals surface area contributed by atoms with Crippen LogP contribution in [0, 0.1) is 0 Å². The van der Waals surface area contributed by atoms with E-state index in [0.29, 0.717) is 5.56 Å². The lowest BCUT2D eigenvalue weighted by Crippen LogP contribution is -2.24. The highest BCUT2D eigenvalue weighted by Crippen LogP contribution is 2.22. The molecule has 1 N–H and O–H groups in total. The second-order valence-corrected chi connectivity index (χ2v) is 6.85. The molecule has 84 valence electrons. The van der Waals surface area contributed by atoms with Crippen LogP contribution >= 0.6 is 15.9 Å². The molecule has 1 rings (SSSR count). The molecule has 0 saturated carbocycles. The monoisotopic (exact) mass is 292 g/mol. The summed E-state index contributed by atoms with van der Waals surface area (Å²) in [5.41, 5.74) is 0.608. The number of rotatable bonds is 3. The lowest BCUT2D eigenvalue weighted by molar-refractivity contribution is 0.176. The van der Waals surface area contributed by atoms with Gasteiger partial charge in [0.05, 0.1) is 11.4 Å². The van der Waals surface area contributed by atoms with Crippen LogP contribution in [-0.4, -0.2) is 25.0 Å². The number of aliphatic hydroxyl groups is 1. The predicted octanol–water partition coefficient (Wildman–Crippen LogP) is 1.92. The van der Waals surface area contributed by atoms with E-state index in [1.165, 1.54) is 6.92 Å². The second-order valence-electron chi connectivity index (χ2n) is 3.53. The zero-order chi connectivity index (χ0) is 11.6. The normalized spacial score (nSPS) is 16.0. The Morgan fingerprint density at radius 2 is 1.73 bits per heavy atom. The van der Waals surface area contributed by atoms with Crippen molar-refractivity contribution in [2.24, 2.45) is 0 Å².